The van der Waals surface area contributed by atoms with E-state index in [9.17, 15) is 19.8 Å². The summed E-state index contributed by atoms with van der Waals surface area (Å²) in [5.41, 5.74) is 1.91. The molecule has 1 aromatic carbocycles. The SMILES string of the molecule is CCC1CC(O)CN1C(=O)CCc1cc2nc3ccc(=O)cc-3oc2cc1O. The van der Waals surface area contributed by atoms with Crippen molar-refractivity contribution in [1.82, 2.24) is 9.88 Å². The van der Waals surface area contributed by atoms with E-state index < -0.39 is 6.10 Å². The largest absolute Gasteiger partial charge is 0.508 e. The number of β-amino-alcohol motifs (C(OH)–C–C–N with tert-alkyl or cyclic N) is 1. The zero-order valence-electron chi connectivity index (χ0n) is 15.6. The molecule has 4 rings (SSSR count). The van der Waals surface area contributed by atoms with Crippen molar-refractivity contribution in [3.05, 3.63) is 46.1 Å². The maximum absolute atomic E-state index is 12.6. The Hall–Kier alpha value is -2.93. The van der Waals surface area contributed by atoms with Gasteiger partial charge < -0.3 is 19.5 Å². The van der Waals surface area contributed by atoms with Gasteiger partial charge in [0.1, 0.15) is 17.0 Å². The number of fused-ring (bicyclic) bond motifs is 2. The van der Waals surface area contributed by atoms with Crippen molar-refractivity contribution >= 4 is 17.0 Å². The summed E-state index contributed by atoms with van der Waals surface area (Å²) in [5, 5.41) is 20.2. The first-order valence-electron chi connectivity index (χ1n) is 9.48. The van der Waals surface area contributed by atoms with Crippen LogP contribution in [0.15, 0.2) is 39.5 Å². The number of phenolic OH excluding ortho intramolecular Hbond substituents is 1. The maximum atomic E-state index is 12.6. The van der Waals surface area contributed by atoms with E-state index in [4.69, 9.17) is 4.42 Å². The molecule has 1 amide bonds. The molecule has 1 aromatic rings. The van der Waals surface area contributed by atoms with Crippen molar-refractivity contribution in [2.75, 3.05) is 6.54 Å². The fourth-order valence-corrected chi connectivity index (χ4v) is 3.86. The lowest BCUT2D eigenvalue weighted by Gasteiger charge is -2.23. The molecule has 28 heavy (non-hydrogen) atoms. The van der Waals surface area contributed by atoms with E-state index in [0.29, 0.717) is 47.5 Å². The molecule has 2 N–H and O–H groups in total. The lowest BCUT2D eigenvalue weighted by molar-refractivity contribution is -0.132. The maximum Gasteiger partial charge on any atom is 0.223 e. The number of amides is 1. The number of benzene rings is 2. The van der Waals surface area contributed by atoms with Gasteiger partial charge in [0.15, 0.2) is 16.8 Å². The number of hydrogen-bond acceptors (Lipinski definition) is 6. The lowest BCUT2D eigenvalue weighted by atomic mass is 10.1. The summed E-state index contributed by atoms with van der Waals surface area (Å²) in [5.74, 6) is 0.361. The van der Waals surface area contributed by atoms with E-state index >= 15 is 0 Å². The molecular weight excluding hydrogens is 360 g/mol. The Bertz CT molecular complexity index is 1060. The van der Waals surface area contributed by atoms with Crippen LogP contribution in [0.4, 0.5) is 0 Å². The molecule has 1 fully saturated rings. The third kappa shape index (κ3) is 3.45. The highest BCUT2D eigenvalue weighted by Crippen LogP contribution is 2.30. The van der Waals surface area contributed by atoms with E-state index in [1.165, 1.54) is 18.2 Å². The number of rotatable bonds is 4. The molecule has 1 aliphatic carbocycles. The molecule has 0 radical (unpaired) electrons. The summed E-state index contributed by atoms with van der Waals surface area (Å²) < 4.78 is 5.68. The Morgan fingerprint density at radius 2 is 2.14 bits per heavy atom. The Morgan fingerprint density at radius 3 is 2.93 bits per heavy atom. The fourth-order valence-electron chi connectivity index (χ4n) is 3.86. The number of nitrogens with zero attached hydrogens (tertiary/aromatic N) is 2. The van der Waals surface area contributed by atoms with E-state index in [1.54, 1.807) is 17.0 Å². The van der Waals surface area contributed by atoms with Crippen molar-refractivity contribution in [2.45, 2.75) is 44.8 Å². The van der Waals surface area contributed by atoms with Crippen LogP contribution in [0.2, 0.25) is 0 Å². The Balaban J connectivity index is 1.57. The first kappa shape index (κ1) is 18.4. The number of aromatic hydroxyl groups is 1. The molecule has 0 spiro atoms. The minimum absolute atomic E-state index is 0.0250. The van der Waals surface area contributed by atoms with Gasteiger partial charge >= 0.3 is 0 Å². The van der Waals surface area contributed by atoms with Crippen molar-refractivity contribution in [1.29, 1.82) is 0 Å². The van der Waals surface area contributed by atoms with Crippen LogP contribution in [0.25, 0.3) is 22.6 Å². The molecule has 146 valence electrons. The predicted octanol–water partition coefficient (Wildman–Crippen LogP) is 2.30. The second-order valence-corrected chi connectivity index (χ2v) is 7.29. The highest BCUT2D eigenvalue weighted by atomic mass is 16.3. The summed E-state index contributed by atoms with van der Waals surface area (Å²) in [6.07, 6.45) is 1.58. The van der Waals surface area contributed by atoms with E-state index in [1.807, 2.05) is 6.92 Å². The van der Waals surface area contributed by atoms with Crippen LogP contribution in [0.1, 0.15) is 31.7 Å². The van der Waals surface area contributed by atoms with E-state index in [-0.39, 0.29) is 29.5 Å². The first-order chi connectivity index (χ1) is 13.4. The smallest absolute Gasteiger partial charge is 0.223 e. The van der Waals surface area contributed by atoms with Gasteiger partial charge in [-0.1, -0.05) is 6.92 Å². The van der Waals surface area contributed by atoms with Crippen molar-refractivity contribution in [3.8, 4) is 17.2 Å². The third-order valence-corrected chi connectivity index (χ3v) is 5.34. The minimum Gasteiger partial charge on any atom is -0.508 e. The third-order valence-electron chi connectivity index (χ3n) is 5.34. The molecule has 2 heterocycles. The van der Waals surface area contributed by atoms with Crippen LogP contribution in [0.5, 0.6) is 5.75 Å². The van der Waals surface area contributed by atoms with Crippen LogP contribution in [0.3, 0.4) is 0 Å². The number of aliphatic hydroxyl groups is 1. The molecular formula is C21H22N2O5. The van der Waals surface area contributed by atoms with Crippen LogP contribution in [-0.2, 0) is 11.2 Å². The number of phenols is 1. The molecule has 0 saturated carbocycles. The molecule has 3 aliphatic rings. The number of aliphatic hydroxyl groups excluding tert-OH is 1. The lowest BCUT2D eigenvalue weighted by Crippen LogP contribution is -2.35. The topological polar surface area (TPSA) is 104 Å². The molecule has 2 atom stereocenters. The van der Waals surface area contributed by atoms with Gasteiger partial charge in [0, 0.05) is 31.1 Å². The molecule has 7 nitrogen and oxygen atoms in total. The Kier molecular flexibility index (Phi) is 4.77. The second kappa shape index (κ2) is 7.24. The zero-order chi connectivity index (χ0) is 19.8. The monoisotopic (exact) mass is 382 g/mol. The minimum atomic E-state index is -0.461. The Morgan fingerprint density at radius 1 is 1.32 bits per heavy atom. The van der Waals surface area contributed by atoms with Crippen LogP contribution >= 0.6 is 0 Å². The van der Waals surface area contributed by atoms with Crippen LogP contribution in [-0.4, -0.2) is 44.7 Å². The summed E-state index contributed by atoms with van der Waals surface area (Å²) in [6.45, 7) is 2.38. The second-order valence-electron chi connectivity index (χ2n) is 7.29. The normalized spacial score (nSPS) is 19.6. The van der Waals surface area contributed by atoms with Gasteiger partial charge in [0.05, 0.1) is 6.10 Å². The summed E-state index contributed by atoms with van der Waals surface area (Å²) in [7, 11) is 0. The molecule has 2 aliphatic heterocycles. The van der Waals surface area contributed by atoms with Gasteiger partial charge in [-0.3, -0.25) is 9.59 Å². The first-order valence-corrected chi connectivity index (χ1v) is 9.48. The summed E-state index contributed by atoms with van der Waals surface area (Å²) in [4.78, 5) is 30.3. The highest BCUT2D eigenvalue weighted by Gasteiger charge is 2.32. The molecule has 7 heteroatoms. The number of hydrogen-bond donors (Lipinski definition) is 2. The van der Waals surface area contributed by atoms with E-state index in [0.717, 1.165) is 6.42 Å². The molecule has 0 bridgehead atoms. The number of aromatic nitrogens is 1. The summed E-state index contributed by atoms with van der Waals surface area (Å²) >= 11 is 0. The molecule has 2 unspecified atom stereocenters. The van der Waals surface area contributed by atoms with Crippen LogP contribution in [0, 0.1) is 0 Å². The van der Waals surface area contributed by atoms with Crippen LogP contribution < -0.4 is 5.43 Å². The fraction of sp³-hybridized carbons (Fsp3) is 0.381. The number of carbonyl (C=O) groups is 1. The number of carbonyl (C=O) groups excluding carboxylic acids is 1. The van der Waals surface area contributed by atoms with Gasteiger partial charge in [-0.05, 0) is 43.0 Å². The average molecular weight is 382 g/mol. The van der Waals surface area contributed by atoms with Gasteiger partial charge in [-0.2, -0.15) is 0 Å². The molecule has 0 aromatic heterocycles. The van der Waals surface area contributed by atoms with Gasteiger partial charge in [-0.15, -0.1) is 0 Å². The zero-order valence-corrected chi connectivity index (χ0v) is 15.6. The molecule has 1 saturated heterocycles. The summed E-state index contributed by atoms with van der Waals surface area (Å²) in [6, 6.07) is 7.63. The predicted molar refractivity (Wildman–Crippen MR) is 103 cm³/mol. The standard InChI is InChI=1S/C21H22N2O5/c1-2-13-8-15(25)11-23(13)21(27)6-3-12-7-17-20(10-18(12)26)28-19-9-14(24)4-5-16(19)22-17/h4-5,7,9-10,13,15,25-26H,2-3,6,8,11H2,1H3. The van der Waals surface area contributed by atoms with Crippen molar-refractivity contribution in [2.24, 2.45) is 0 Å². The number of likely N-dealkylation sites (tertiary alicyclic amines) is 1. The highest BCUT2D eigenvalue weighted by molar-refractivity contribution is 5.80. The average Bonchev–Trinajstić information content (AvgIpc) is 3.05. The van der Waals surface area contributed by atoms with E-state index in [2.05, 4.69) is 4.98 Å². The van der Waals surface area contributed by atoms with Gasteiger partial charge in [0.25, 0.3) is 0 Å². The number of aryl methyl sites for hydroxylation is 1. The van der Waals surface area contributed by atoms with Gasteiger partial charge in [-0.25, -0.2) is 4.98 Å². The van der Waals surface area contributed by atoms with Crippen molar-refractivity contribution in [3.63, 3.8) is 0 Å². The van der Waals surface area contributed by atoms with Gasteiger partial charge in [0.2, 0.25) is 5.91 Å². The Labute approximate surface area is 161 Å². The quantitative estimate of drug-likeness (QED) is 0.671. The van der Waals surface area contributed by atoms with Crippen molar-refractivity contribution < 1.29 is 19.4 Å².